The molecule has 2 heterocycles. The normalized spacial score (nSPS) is 26.2. The Morgan fingerprint density at radius 1 is 1.32 bits per heavy atom. The van der Waals surface area contributed by atoms with E-state index < -0.39 is 0 Å². The molecule has 1 amide bonds. The first-order valence-electron chi connectivity index (χ1n) is 7.91. The number of aromatic nitrogens is 1. The van der Waals surface area contributed by atoms with Crippen LogP contribution in [0.1, 0.15) is 29.6 Å². The summed E-state index contributed by atoms with van der Waals surface area (Å²) in [6.45, 7) is 2.99. The van der Waals surface area contributed by atoms with Gasteiger partial charge in [-0.2, -0.15) is 0 Å². The van der Waals surface area contributed by atoms with Crippen LogP contribution in [0.4, 0.5) is 0 Å². The number of methoxy groups -OCH3 is 1. The fourth-order valence-electron chi connectivity index (χ4n) is 3.49. The zero-order valence-electron chi connectivity index (χ0n) is 12.9. The number of nitrogens with zero attached hydrogens (tertiary/aromatic N) is 3. The Morgan fingerprint density at radius 2 is 2.09 bits per heavy atom. The maximum atomic E-state index is 12.6. The van der Waals surface area contributed by atoms with E-state index in [0.717, 1.165) is 32.4 Å². The number of aliphatic hydroxyl groups is 1. The number of rotatable bonds is 3. The maximum absolute atomic E-state index is 12.6. The van der Waals surface area contributed by atoms with Gasteiger partial charge in [0.2, 0.25) is 5.88 Å². The number of hydrogen-bond acceptors (Lipinski definition) is 5. The lowest BCUT2D eigenvalue weighted by Crippen LogP contribution is -2.53. The van der Waals surface area contributed by atoms with Crippen molar-refractivity contribution >= 4 is 5.91 Å². The van der Waals surface area contributed by atoms with Gasteiger partial charge in [0.25, 0.3) is 5.91 Å². The summed E-state index contributed by atoms with van der Waals surface area (Å²) in [7, 11) is 1.53. The van der Waals surface area contributed by atoms with Crippen LogP contribution in [0.25, 0.3) is 0 Å². The second kappa shape index (κ2) is 6.62. The lowest BCUT2D eigenvalue weighted by atomic mass is 10.1. The lowest BCUT2D eigenvalue weighted by molar-refractivity contribution is 0.0314. The van der Waals surface area contributed by atoms with Crippen LogP contribution < -0.4 is 4.74 Å². The van der Waals surface area contributed by atoms with Gasteiger partial charge in [-0.05, 0) is 31.4 Å². The van der Waals surface area contributed by atoms with Crippen LogP contribution in [0.2, 0.25) is 0 Å². The van der Waals surface area contributed by atoms with E-state index in [1.165, 1.54) is 7.11 Å². The minimum absolute atomic E-state index is 0.0310. The van der Waals surface area contributed by atoms with Crippen molar-refractivity contribution in [2.45, 2.75) is 31.4 Å². The van der Waals surface area contributed by atoms with Crippen molar-refractivity contribution in [2.24, 2.45) is 0 Å². The highest BCUT2D eigenvalue weighted by molar-refractivity contribution is 5.96. The van der Waals surface area contributed by atoms with Gasteiger partial charge in [-0.1, -0.05) is 0 Å². The minimum atomic E-state index is -0.208. The average Bonchev–Trinajstić information content (AvgIpc) is 3.00. The molecule has 0 bridgehead atoms. The largest absolute Gasteiger partial charge is 0.480 e. The molecule has 6 heteroatoms. The lowest BCUT2D eigenvalue weighted by Gasteiger charge is -2.39. The summed E-state index contributed by atoms with van der Waals surface area (Å²) in [5, 5.41) is 10.0. The van der Waals surface area contributed by atoms with Crippen LogP contribution in [0, 0.1) is 0 Å². The summed E-state index contributed by atoms with van der Waals surface area (Å²) < 4.78 is 5.17. The van der Waals surface area contributed by atoms with E-state index in [-0.39, 0.29) is 18.1 Å². The quantitative estimate of drug-likeness (QED) is 0.893. The molecule has 0 unspecified atom stereocenters. The van der Waals surface area contributed by atoms with Crippen molar-refractivity contribution in [1.29, 1.82) is 0 Å². The predicted molar refractivity (Wildman–Crippen MR) is 81.9 cm³/mol. The standard InChI is InChI=1S/C16H23N3O3/c1-22-15-12(4-3-7-17-15)16(21)19-10-8-18(9-11-19)13-5-2-6-14(13)20/h3-4,7,13-14,20H,2,5-6,8-11H2,1H3/t13-,14-/m0/s1. The molecule has 0 aromatic carbocycles. The second-order valence-corrected chi connectivity index (χ2v) is 5.95. The van der Waals surface area contributed by atoms with Gasteiger partial charge in [0.1, 0.15) is 5.56 Å². The molecule has 1 saturated heterocycles. The van der Waals surface area contributed by atoms with Gasteiger partial charge in [0, 0.05) is 38.4 Å². The molecule has 0 radical (unpaired) electrons. The smallest absolute Gasteiger partial charge is 0.259 e. The summed E-state index contributed by atoms with van der Waals surface area (Å²) in [6, 6.07) is 3.77. The first-order chi connectivity index (χ1) is 10.7. The van der Waals surface area contributed by atoms with E-state index in [4.69, 9.17) is 4.74 Å². The topological polar surface area (TPSA) is 65.9 Å². The molecule has 1 aromatic rings. The van der Waals surface area contributed by atoms with Crippen molar-refractivity contribution in [3.63, 3.8) is 0 Å². The molecule has 3 rings (SSSR count). The summed E-state index contributed by atoms with van der Waals surface area (Å²) in [5.41, 5.74) is 0.513. The van der Waals surface area contributed by atoms with E-state index in [1.807, 2.05) is 4.90 Å². The molecular weight excluding hydrogens is 282 g/mol. The van der Waals surface area contributed by atoms with Gasteiger partial charge >= 0.3 is 0 Å². The number of ether oxygens (including phenoxy) is 1. The zero-order chi connectivity index (χ0) is 15.5. The molecule has 1 saturated carbocycles. The molecule has 1 aromatic heterocycles. The number of pyridine rings is 1. The third-order valence-corrected chi connectivity index (χ3v) is 4.71. The fraction of sp³-hybridized carbons (Fsp3) is 0.625. The SMILES string of the molecule is COc1ncccc1C(=O)N1CCN([C@H]2CCC[C@@H]2O)CC1. The minimum Gasteiger partial charge on any atom is -0.480 e. The van der Waals surface area contributed by atoms with Crippen molar-refractivity contribution in [3.05, 3.63) is 23.9 Å². The number of carbonyl (C=O) groups excluding carboxylic acids is 1. The number of piperazine rings is 1. The Morgan fingerprint density at radius 3 is 2.73 bits per heavy atom. The van der Waals surface area contributed by atoms with Crippen LogP contribution in [-0.2, 0) is 0 Å². The van der Waals surface area contributed by atoms with Gasteiger partial charge in [-0.3, -0.25) is 9.69 Å². The summed E-state index contributed by atoms with van der Waals surface area (Å²) >= 11 is 0. The number of hydrogen-bond donors (Lipinski definition) is 1. The zero-order valence-corrected chi connectivity index (χ0v) is 12.9. The van der Waals surface area contributed by atoms with Gasteiger partial charge in [0.15, 0.2) is 0 Å². The monoisotopic (exact) mass is 305 g/mol. The molecule has 1 N–H and O–H groups in total. The van der Waals surface area contributed by atoms with Crippen molar-refractivity contribution in [1.82, 2.24) is 14.8 Å². The molecule has 120 valence electrons. The predicted octanol–water partition coefficient (Wildman–Crippen LogP) is 0.761. The number of carbonyl (C=O) groups is 1. The Hall–Kier alpha value is -1.66. The Balaban J connectivity index is 1.62. The highest BCUT2D eigenvalue weighted by Crippen LogP contribution is 2.25. The Labute approximate surface area is 130 Å². The number of amides is 1. The molecule has 2 aliphatic rings. The molecule has 2 atom stereocenters. The van der Waals surface area contributed by atoms with E-state index in [1.54, 1.807) is 18.3 Å². The van der Waals surface area contributed by atoms with Crippen molar-refractivity contribution in [3.8, 4) is 5.88 Å². The van der Waals surface area contributed by atoms with Crippen LogP contribution in [0.3, 0.4) is 0 Å². The summed E-state index contributed by atoms with van der Waals surface area (Å²) in [6.07, 6.45) is 4.47. The van der Waals surface area contributed by atoms with Crippen LogP contribution >= 0.6 is 0 Å². The summed E-state index contributed by atoms with van der Waals surface area (Å²) in [4.78, 5) is 20.9. The average molecular weight is 305 g/mol. The van der Waals surface area contributed by atoms with Crippen molar-refractivity contribution in [2.75, 3.05) is 33.3 Å². The van der Waals surface area contributed by atoms with Gasteiger partial charge < -0.3 is 14.7 Å². The third kappa shape index (κ3) is 2.94. The highest BCUT2D eigenvalue weighted by Gasteiger charge is 2.33. The van der Waals surface area contributed by atoms with E-state index in [9.17, 15) is 9.90 Å². The molecule has 1 aliphatic heterocycles. The van der Waals surface area contributed by atoms with Crippen LogP contribution in [0.15, 0.2) is 18.3 Å². The van der Waals surface area contributed by atoms with Gasteiger partial charge in [-0.25, -0.2) is 4.98 Å². The molecule has 22 heavy (non-hydrogen) atoms. The van der Waals surface area contributed by atoms with Crippen LogP contribution in [-0.4, -0.2) is 71.2 Å². The molecule has 1 aliphatic carbocycles. The third-order valence-electron chi connectivity index (χ3n) is 4.71. The Kier molecular flexibility index (Phi) is 4.59. The molecule has 0 spiro atoms. The molecular formula is C16H23N3O3. The second-order valence-electron chi connectivity index (χ2n) is 5.95. The number of aliphatic hydroxyl groups excluding tert-OH is 1. The Bertz CT molecular complexity index is 529. The summed E-state index contributed by atoms with van der Waals surface area (Å²) in [5.74, 6) is 0.345. The first kappa shape index (κ1) is 15.2. The van der Waals surface area contributed by atoms with Crippen molar-refractivity contribution < 1.29 is 14.6 Å². The van der Waals surface area contributed by atoms with E-state index in [2.05, 4.69) is 9.88 Å². The maximum Gasteiger partial charge on any atom is 0.259 e. The molecule has 6 nitrogen and oxygen atoms in total. The highest BCUT2D eigenvalue weighted by atomic mass is 16.5. The molecule has 2 fully saturated rings. The van der Waals surface area contributed by atoms with E-state index >= 15 is 0 Å². The fourth-order valence-corrected chi connectivity index (χ4v) is 3.49. The first-order valence-corrected chi connectivity index (χ1v) is 7.91. The van der Waals surface area contributed by atoms with Gasteiger partial charge in [0.05, 0.1) is 13.2 Å². The van der Waals surface area contributed by atoms with Crippen LogP contribution in [0.5, 0.6) is 5.88 Å². The van der Waals surface area contributed by atoms with E-state index in [0.29, 0.717) is 24.5 Å². The van der Waals surface area contributed by atoms with Gasteiger partial charge in [-0.15, -0.1) is 0 Å².